The van der Waals surface area contributed by atoms with Crippen molar-refractivity contribution in [2.75, 3.05) is 19.7 Å². The molecule has 0 aromatic carbocycles. The van der Waals surface area contributed by atoms with Crippen molar-refractivity contribution in [3.8, 4) is 0 Å². The highest BCUT2D eigenvalue weighted by Crippen LogP contribution is 2.14. The minimum absolute atomic E-state index is 0.145. The number of hydrogen-bond donors (Lipinski definition) is 1. The summed E-state index contributed by atoms with van der Waals surface area (Å²) in [6.07, 6.45) is 2.34. The summed E-state index contributed by atoms with van der Waals surface area (Å²) in [5.41, 5.74) is 0.263. The van der Waals surface area contributed by atoms with Crippen molar-refractivity contribution in [3.63, 3.8) is 0 Å². The van der Waals surface area contributed by atoms with Crippen molar-refractivity contribution in [1.82, 2.24) is 15.2 Å². The van der Waals surface area contributed by atoms with Crippen LogP contribution in [0.2, 0.25) is 0 Å². The van der Waals surface area contributed by atoms with Crippen LogP contribution in [0.3, 0.4) is 0 Å². The topological polar surface area (TPSA) is 71.5 Å². The van der Waals surface area contributed by atoms with Crippen LogP contribution < -0.4 is 5.32 Å². The second-order valence-electron chi connectivity index (χ2n) is 4.82. The van der Waals surface area contributed by atoms with E-state index in [2.05, 4.69) is 10.3 Å². The van der Waals surface area contributed by atoms with Gasteiger partial charge in [-0.1, -0.05) is 0 Å². The minimum Gasteiger partial charge on any atom is -0.450 e. The average molecular weight is 295 g/mol. The first-order valence-corrected chi connectivity index (χ1v) is 6.94. The van der Waals surface area contributed by atoms with Crippen molar-refractivity contribution in [1.29, 1.82) is 0 Å². The molecule has 1 N–H and O–H groups in total. The normalized spacial score (nSPS) is 18.2. The van der Waals surface area contributed by atoms with Gasteiger partial charge in [-0.15, -0.1) is 0 Å². The summed E-state index contributed by atoms with van der Waals surface area (Å²) in [6, 6.07) is 2.45. The van der Waals surface area contributed by atoms with Crippen LogP contribution in [0.15, 0.2) is 18.3 Å². The van der Waals surface area contributed by atoms with Crippen LogP contribution in [0, 0.1) is 5.95 Å². The van der Waals surface area contributed by atoms with Crippen LogP contribution in [0.5, 0.6) is 0 Å². The Kier molecular flexibility index (Phi) is 5.08. The molecule has 6 nitrogen and oxygen atoms in total. The predicted molar refractivity (Wildman–Crippen MR) is 73.3 cm³/mol. The van der Waals surface area contributed by atoms with E-state index in [1.54, 1.807) is 11.8 Å². The van der Waals surface area contributed by atoms with Gasteiger partial charge in [-0.2, -0.15) is 4.39 Å². The number of ether oxygens (including phenoxy) is 1. The molecule has 2 heterocycles. The quantitative estimate of drug-likeness (QED) is 0.859. The molecule has 0 spiro atoms. The molecule has 1 unspecified atom stereocenters. The fourth-order valence-corrected chi connectivity index (χ4v) is 2.34. The molecule has 1 aromatic heterocycles. The lowest BCUT2D eigenvalue weighted by Crippen LogP contribution is -2.49. The number of halogens is 1. The number of piperidine rings is 1. The summed E-state index contributed by atoms with van der Waals surface area (Å²) in [7, 11) is 0. The maximum atomic E-state index is 13.1. The molecule has 2 rings (SSSR count). The van der Waals surface area contributed by atoms with E-state index in [-0.39, 0.29) is 17.5 Å². The zero-order valence-electron chi connectivity index (χ0n) is 11.8. The Bertz CT molecular complexity index is 524. The standard InChI is InChI=1S/C14H18FN3O3/c1-2-21-14(20)17-11-4-3-7-18(9-11)13(19)10-5-6-16-12(15)8-10/h5-6,8,11H,2-4,7,9H2,1H3,(H,17,20). The largest absolute Gasteiger partial charge is 0.450 e. The zero-order valence-corrected chi connectivity index (χ0v) is 11.8. The first kappa shape index (κ1) is 15.2. The fourth-order valence-electron chi connectivity index (χ4n) is 2.34. The number of pyridine rings is 1. The second kappa shape index (κ2) is 7.01. The maximum absolute atomic E-state index is 13.1. The highest BCUT2D eigenvalue weighted by molar-refractivity contribution is 5.94. The number of aromatic nitrogens is 1. The minimum atomic E-state index is -0.681. The molecule has 1 fully saturated rings. The summed E-state index contributed by atoms with van der Waals surface area (Å²) in [4.78, 5) is 28.7. The Morgan fingerprint density at radius 1 is 1.57 bits per heavy atom. The SMILES string of the molecule is CCOC(=O)NC1CCCN(C(=O)c2ccnc(F)c2)C1. The molecule has 2 amide bonds. The van der Waals surface area contributed by atoms with Gasteiger partial charge in [0, 0.05) is 37.0 Å². The monoisotopic (exact) mass is 295 g/mol. The van der Waals surface area contributed by atoms with E-state index in [0.29, 0.717) is 19.7 Å². The van der Waals surface area contributed by atoms with E-state index in [9.17, 15) is 14.0 Å². The van der Waals surface area contributed by atoms with Crippen LogP contribution in [-0.4, -0.2) is 47.6 Å². The number of alkyl carbamates (subject to hydrolysis) is 1. The van der Waals surface area contributed by atoms with Gasteiger partial charge in [0.15, 0.2) is 0 Å². The molecule has 1 saturated heterocycles. The predicted octanol–water partition coefficient (Wildman–Crippen LogP) is 1.57. The molecule has 7 heteroatoms. The van der Waals surface area contributed by atoms with Gasteiger partial charge < -0.3 is 15.0 Å². The fraction of sp³-hybridized carbons (Fsp3) is 0.500. The maximum Gasteiger partial charge on any atom is 0.407 e. The van der Waals surface area contributed by atoms with Gasteiger partial charge in [-0.05, 0) is 25.8 Å². The Balaban J connectivity index is 1.97. The number of carbonyl (C=O) groups is 2. The first-order valence-electron chi connectivity index (χ1n) is 6.94. The van der Waals surface area contributed by atoms with Gasteiger partial charge in [0.2, 0.25) is 5.95 Å². The number of carbonyl (C=O) groups excluding carboxylic acids is 2. The van der Waals surface area contributed by atoms with E-state index in [4.69, 9.17) is 4.74 Å². The molecule has 1 aromatic rings. The van der Waals surface area contributed by atoms with Gasteiger partial charge in [0.25, 0.3) is 5.91 Å². The Labute approximate surface area is 122 Å². The molecule has 0 bridgehead atoms. The molecule has 21 heavy (non-hydrogen) atoms. The zero-order chi connectivity index (χ0) is 15.2. The van der Waals surface area contributed by atoms with Gasteiger partial charge in [0.1, 0.15) is 0 Å². The van der Waals surface area contributed by atoms with Crippen LogP contribution in [0.1, 0.15) is 30.1 Å². The van der Waals surface area contributed by atoms with Gasteiger partial charge >= 0.3 is 6.09 Å². The highest BCUT2D eigenvalue weighted by Gasteiger charge is 2.26. The smallest absolute Gasteiger partial charge is 0.407 e. The van der Waals surface area contributed by atoms with Crippen molar-refractivity contribution in [2.24, 2.45) is 0 Å². The van der Waals surface area contributed by atoms with E-state index >= 15 is 0 Å². The number of rotatable bonds is 3. The van der Waals surface area contributed by atoms with Crippen LogP contribution in [0.25, 0.3) is 0 Å². The van der Waals surface area contributed by atoms with Gasteiger partial charge in [-0.25, -0.2) is 9.78 Å². The van der Waals surface area contributed by atoms with Crippen LogP contribution >= 0.6 is 0 Å². The van der Waals surface area contributed by atoms with Crippen molar-refractivity contribution in [3.05, 3.63) is 29.8 Å². The lowest BCUT2D eigenvalue weighted by atomic mass is 10.0. The highest BCUT2D eigenvalue weighted by atomic mass is 19.1. The molecule has 0 aliphatic carbocycles. The van der Waals surface area contributed by atoms with E-state index in [0.717, 1.165) is 18.9 Å². The Morgan fingerprint density at radius 3 is 3.10 bits per heavy atom. The second-order valence-corrected chi connectivity index (χ2v) is 4.82. The van der Waals surface area contributed by atoms with Crippen molar-refractivity contribution < 1.29 is 18.7 Å². The third-order valence-electron chi connectivity index (χ3n) is 3.28. The molecule has 0 radical (unpaired) electrons. The Hall–Kier alpha value is -2.18. The lowest BCUT2D eigenvalue weighted by molar-refractivity contribution is 0.0685. The number of likely N-dealkylation sites (tertiary alicyclic amines) is 1. The summed E-state index contributed by atoms with van der Waals surface area (Å²) in [6.45, 7) is 3.01. The lowest BCUT2D eigenvalue weighted by Gasteiger charge is -2.33. The van der Waals surface area contributed by atoms with Crippen molar-refractivity contribution >= 4 is 12.0 Å². The average Bonchev–Trinajstić information content (AvgIpc) is 2.47. The Morgan fingerprint density at radius 2 is 2.38 bits per heavy atom. The molecular weight excluding hydrogens is 277 g/mol. The number of nitrogens with one attached hydrogen (secondary N) is 1. The molecular formula is C14H18FN3O3. The first-order chi connectivity index (χ1) is 10.1. The number of hydrogen-bond acceptors (Lipinski definition) is 4. The molecule has 1 aliphatic heterocycles. The summed E-state index contributed by atoms with van der Waals surface area (Å²) in [5.74, 6) is -0.939. The van der Waals surface area contributed by atoms with Gasteiger partial charge in [-0.3, -0.25) is 4.79 Å². The van der Waals surface area contributed by atoms with E-state index in [1.807, 2.05) is 0 Å². The van der Waals surface area contributed by atoms with Crippen molar-refractivity contribution in [2.45, 2.75) is 25.8 Å². The summed E-state index contributed by atoms with van der Waals surface area (Å²) in [5, 5.41) is 2.73. The summed E-state index contributed by atoms with van der Waals surface area (Å²) >= 11 is 0. The molecule has 1 aliphatic rings. The number of nitrogens with zero attached hydrogens (tertiary/aromatic N) is 2. The van der Waals surface area contributed by atoms with Crippen LogP contribution in [-0.2, 0) is 4.74 Å². The molecule has 1 atom stereocenters. The summed E-state index contributed by atoms with van der Waals surface area (Å²) < 4.78 is 17.9. The third-order valence-corrected chi connectivity index (χ3v) is 3.28. The van der Waals surface area contributed by atoms with Gasteiger partial charge in [0.05, 0.1) is 6.61 Å². The number of amides is 2. The van der Waals surface area contributed by atoms with Crippen LogP contribution in [0.4, 0.5) is 9.18 Å². The molecule has 0 saturated carbocycles. The van der Waals surface area contributed by atoms with E-state index < -0.39 is 12.0 Å². The van der Waals surface area contributed by atoms with E-state index in [1.165, 1.54) is 12.3 Å². The third kappa shape index (κ3) is 4.14. The molecule has 114 valence electrons.